The van der Waals surface area contributed by atoms with Crippen molar-refractivity contribution < 1.29 is 9.18 Å². The van der Waals surface area contributed by atoms with Crippen LogP contribution in [0.15, 0.2) is 22.8 Å². The number of hydrogen-bond donors (Lipinski definition) is 1. The molecule has 0 aliphatic carbocycles. The quantitative estimate of drug-likeness (QED) is 0.856. The summed E-state index contributed by atoms with van der Waals surface area (Å²) in [5.74, 6) is -1.07. The zero-order valence-corrected chi connectivity index (χ0v) is 11.2. The highest BCUT2D eigenvalue weighted by atomic mass is 79.9. The highest BCUT2D eigenvalue weighted by Crippen LogP contribution is 2.26. The molecule has 2 aromatic rings. The summed E-state index contributed by atoms with van der Waals surface area (Å²) >= 11 is 9.71. The number of halogens is 3. The molecule has 0 unspecified atom stereocenters. The molecule has 0 aliphatic rings. The van der Waals surface area contributed by atoms with Crippen LogP contribution in [0.25, 0.3) is 0 Å². The summed E-state index contributed by atoms with van der Waals surface area (Å²) in [5, 5.41) is 6.73. The first-order chi connectivity index (χ1) is 8.08. The first kappa shape index (κ1) is 12.4. The normalized spacial score (nSPS) is 10.3. The molecule has 0 saturated heterocycles. The minimum absolute atomic E-state index is 0.0666. The lowest BCUT2D eigenvalue weighted by atomic mass is 10.2. The molecule has 0 bridgehead atoms. The Labute approximate surface area is 113 Å². The van der Waals surface area contributed by atoms with Crippen LogP contribution in [0.4, 0.5) is 9.39 Å². The van der Waals surface area contributed by atoms with Gasteiger partial charge in [-0.3, -0.25) is 4.79 Å². The van der Waals surface area contributed by atoms with Crippen LogP contribution in [0.1, 0.15) is 10.4 Å². The van der Waals surface area contributed by atoms with Gasteiger partial charge in [0.15, 0.2) is 0 Å². The van der Waals surface area contributed by atoms with E-state index in [0.717, 1.165) is 17.6 Å². The highest BCUT2D eigenvalue weighted by Gasteiger charge is 2.15. The van der Waals surface area contributed by atoms with Crippen molar-refractivity contribution in [3.8, 4) is 0 Å². The molecule has 1 aromatic heterocycles. The summed E-state index contributed by atoms with van der Waals surface area (Å²) in [5.41, 5.74) is 0.114. The largest absolute Gasteiger partial charge is 0.311 e. The molecule has 0 spiro atoms. The molecule has 2 rings (SSSR count). The molecule has 0 atom stereocenters. The van der Waals surface area contributed by atoms with Crippen molar-refractivity contribution in [2.75, 3.05) is 5.32 Å². The number of nitrogens with one attached hydrogen (secondary N) is 1. The average Bonchev–Trinajstić information content (AvgIpc) is 2.76. The van der Waals surface area contributed by atoms with Gasteiger partial charge in [-0.15, -0.1) is 5.10 Å². The topological polar surface area (TPSA) is 54.9 Å². The zero-order valence-electron chi connectivity index (χ0n) is 8.08. The van der Waals surface area contributed by atoms with Gasteiger partial charge in [0.1, 0.15) is 10.8 Å². The average molecular weight is 337 g/mol. The van der Waals surface area contributed by atoms with E-state index in [-0.39, 0.29) is 15.1 Å². The Kier molecular flexibility index (Phi) is 3.70. The number of carbonyl (C=O) groups is 1. The number of nitrogens with zero attached hydrogens (tertiary/aromatic N) is 2. The lowest BCUT2D eigenvalue weighted by Crippen LogP contribution is -2.12. The van der Waals surface area contributed by atoms with Gasteiger partial charge in [-0.1, -0.05) is 16.1 Å². The van der Waals surface area contributed by atoms with Gasteiger partial charge in [0, 0.05) is 16.6 Å². The smallest absolute Gasteiger partial charge is 0.257 e. The predicted octanol–water partition coefficient (Wildman–Crippen LogP) is 3.35. The van der Waals surface area contributed by atoms with Crippen LogP contribution in [0.3, 0.4) is 0 Å². The second-order valence-electron chi connectivity index (χ2n) is 2.99. The van der Waals surface area contributed by atoms with E-state index in [2.05, 4.69) is 30.8 Å². The maximum Gasteiger partial charge on any atom is 0.257 e. The van der Waals surface area contributed by atoms with Crippen LogP contribution in [-0.4, -0.2) is 15.5 Å². The van der Waals surface area contributed by atoms with Crippen molar-refractivity contribution in [3.63, 3.8) is 0 Å². The molecule has 1 N–H and O–H groups in total. The van der Waals surface area contributed by atoms with Gasteiger partial charge >= 0.3 is 0 Å². The Morgan fingerprint density at radius 3 is 2.94 bits per heavy atom. The lowest BCUT2D eigenvalue weighted by Gasteiger charge is -2.05. The fourth-order valence-corrected chi connectivity index (χ4v) is 2.15. The van der Waals surface area contributed by atoms with E-state index >= 15 is 0 Å². The van der Waals surface area contributed by atoms with Gasteiger partial charge in [-0.05, 0) is 28.1 Å². The maximum absolute atomic E-state index is 13.3. The van der Waals surface area contributed by atoms with Crippen molar-refractivity contribution >= 4 is 50.0 Å². The highest BCUT2D eigenvalue weighted by molar-refractivity contribution is 9.10. The van der Waals surface area contributed by atoms with E-state index in [1.54, 1.807) is 0 Å². The van der Waals surface area contributed by atoms with Gasteiger partial charge < -0.3 is 5.32 Å². The number of carbonyl (C=O) groups excluding carboxylic acids is 1. The van der Waals surface area contributed by atoms with E-state index in [9.17, 15) is 9.18 Å². The Hall–Kier alpha value is -1.05. The van der Waals surface area contributed by atoms with Crippen LogP contribution < -0.4 is 5.32 Å². The van der Waals surface area contributed by atoms with E-state index < -0.39 is 11.7 Å². The number of anilines is 1. The molecule has 1 aromatic carbocycles. The predicted molar refractivity (Wildman–Crippen MR) is 67.0 cm³/mol. The SMILES string of the molecule is O=C(Nc1cnns1)c1cc(Cl)cc(F)c1Br. The summed E-state index contributed by atoms with van der Waals surface area (Å²) in [6, 6.07) is 2.50. The Morgan fingerprint density at radius 1 is 1.53 bits per heavy atom. The number of aromatic nitrogens is 2. The first-order valence-electron chi connectivity index (χ1n) is 4.31. The number of hydrogen-bond acceptors (Lipinski definition) is 4. The van der Waals surface area contributed by atoms with Crippen molar-refractivity contribution in [1.82, 2.24) is 9.59 Å². The monoisotopic (exact) mass is 335 g/mol. The lowest BCUT2D eigenvalue weighted by molar-refractivity contribution is 0.102. The molecule has 1 amide bonds. The standard InChI is InChI=1S/C9H4BrClFN3OS/c10-8-5(1-4(11)2-6(8)12)9(16)14-7-3-13-15-17-7/h1-3H,(H,14,16). The zero-order chi connectivity index (χ0) is 12.4. The van der Waals surface area contributed by atoms with Crippen LogP contribution >= 0.6 is 39.1 Å². The fourth-order valence-electron chi connectivity index (χ4n) is 1.12. The van der Waals surface area contributed by atoms with Crippen LogP contribution in [0.5, 0.6) is 0 Å². The van der Waals surface area contributed by atoms with Gasteiger partial charge in [0.2, 0.25) is 0 Å². The summed E-state index contributed by atoms with van der Waals surface area (Å²) in [4.78, 5) is 11.8. The third-order valence-electron chi connectivity index (χ3n) is 1.84. The minimum Gasteiger partial charge on any atom is -0.311 e. The van der Waals surface area contributed by atoms with Crippen molar-refractivity contribution in [3.05, 3.63) is 39.2 Å². The van der Waals surface area contributed by atoms with Crippen molar-refractivity contribution in [2.24, 2.45) is 0 Å². The third-order valence-corrected chi connectivity index (χ3v) is 3.44. The maximum atomic E-state index is 13.3. The Morgan fingerprint density at radius 2 is 2.29 bits per heavy atom. The summed E-state index contributed by atoms with van der Waals surface area (Å²) in [6.07, 6.45) is 1.40. The molecule has 88 valence electrons. The Bertz CT molecular complexity index is 564. The van der Waals surface area contributed by atoms with Crippen LogP contribution in [-0.2, 0) is 0 Å². The van der Waals surface area contributed by atoms with Gasteiger partial charge in [0.05, 0.1) is 16.2 Å². The van der Waals surface area contributed by atoms with Crippen LogP contribution in [0.2, 0.25) is 5.02 Å². The second kappa shape index (κ2) is 5.07. The summed E-state index contributed by atoms with van der Waals surface area (Å²) in [6.45, 7) is 0. The fraction of sp³-hybridized carbons (Fsp3) is 0. The molecular weight excluding hydrogens is 333 g/mol. The van der Waals surface area contributed by atoms with E-state index in [1.165, 1.54) is 12.3 Å². The van der Waals surface area contributed by atoms with Crippen molar-refractivity contribution in [1.29, 1.82) is 0 Å². The molecule has 0 fully saturated rings. The summed E-state index contributed by atoms with van der Waals surface area (Å²) in [7, 11) is 0. The molecule has 1 heterocycles. The van der Waals surface area contributed by atoms with E-state index in [0.29, 0.717) is 5.00 Å². The number of rotatable bonds is 2. The Balaban J connectivity index is 2.31. The van der Waals surface area contributed by atoms with Gasteiger partial charge in [-0.2, -0.15) is 0 Å². The number of amides is 1. The molecule has 4 nitrogen and oxygen atoms in total. The molecule has 0 aliphatic heterocycles. The second-order valence-corrected chi connectivity index (χ2v) is 5.00. The van der Waals surface area contributed by atoms with E-state index in [1.807, 2.05) is 0 Å². The van der Waals surface area contributed by atoms with Gasteiger partial charge in [0.25, 0.3) is 5.91 Å². The third kappa shape index (κ3) is 2.80. The molecular formula is C9H4BrClFN3OS. The molecule has 17 heavy (non-hydrogen) atoms. The van der Waals surface area contributed by atoms with Crippen LogP contribution in [0, 0.1) is 5.82 Å². The van der Waals surface area contributed by atoms with Crippen molar-refractivity contribution in [2.45, 2.75) is 0 Å². The summed E-state index contributed by atoms with van der Waals surface area (Å²) < 4.78 is 17.0. The minimum atomic E-state index is -0.593. The first-order valence-corrected chi connectivity index (χ1v) is 6.25. The molecule has 8 heteroatoms. The van der Waals surface area contributed by atoms with Gasteiger partial charge in [-0.25, -0.2) is 4.39 Å². The molecule has 0 saturated carbocycles. The number of benzene rings is 1. The molecule has 0 radical (unpaired) electrons. The van der Waals surface area contributed by atoms with E-state index in [4.69, 9.17) is 11.6 Å².